The number of nitrogens with two attached hydrogens (primary N) is 1. The van der Waals surface area contributed by atoms with Gasteiger partial charge in [0.2, 0.25) is 0 Å². The molecule has 1 aromatic heterocycles. The fourth-order valence-corrected chi connectivity index (χ4v) is 4.51. The number of benzene rings is 2. The highest BCUT2D eigenvalue weighted by molar-refractivity contribution is 7.83. The summed E-state index contributed by atoms with van der Waals surface area (Å²) in [6.07, 6.45) is 3.37. The lowest BCUT2D eigenvalue weighted by molar-refractivity contribution is 0.122. The molecule has 1 aliphatic rings. The van der Waals surface area contributed by atoms with Gasteiger partial charge in [-0.15, -0.1) is 0 Å². The van der Waals surface area contributed by atoms with Gasteiger partial charge in [-0.2, -0.15) is 12.6 Å². The molecule has 4 rings (SSSR count). The SMILES string of the molecule is CC(C)c1cc(-c2ccc(C(/C=C\S)=C/N)n2-c2ccc(N3CCOCC3)cc2)c(O)cc1O. The van der Waals surface area contributed by atoms with E-state index in [0.717, 1.165) is 60.2 Å². The Morgan fingerprint density at radius 2 is 1.68 bits per heavy atom. The van der Waals surface area contributed by atoms with Crippen LogP contribution < -0.4 is 10.6 Å². The molecule has 0 atom stereocenters. The normalized spacial score (nSPS) is 14.9. The third-order valence-corrected chi connectivity index (χ3v) is 6.29. The number of anilines is 1. The molecular weight excluding hydrogens is 446 g/mol. The van der Waals surface area contributed by atoms with Crippen LogP contribution in [0.1, 0.15) is 31.0 Å². The quantitative estimate of drug-likeness (QED) is 0.288. The van der Waals surface area contributed by atoms with Gasteiger partial charge in [0.15, 0.2) is 0 Å². The van der Waals surface area contributed by atoms with Crippen LogP contribution in [0.5, 0.6) is 11.5 Å². The van der Waals surface area contributed by atoms with E-state index in [2.05, 4.69) is 46.4 Å². The van der Waals surface area contributed by atoms with Gasteiger partial charge in [0, 0.05) is 47.9 Å². The molecule has 34 heavy (non-hydrogen) atoms. The van der Waals surface area contributed by atoms with Crippen LogP contribution in [0.25, 0.3) is 22.5 Å². The van der Waals surface area contributed by atoms with Crippen molar-refractivity contribution in [2.75, 3.05) is 31.2 Å². The molecule has 1 aliphatic heterocycles. The molecule has 0 unspecified atom stereocenters. The van der Waals surface area contributed by atoms with E-state index in [4.69, 9.17) is 10.5 Å². The van der Waals surface area contributed by atoms with E-state index in [9.17, 15) is 10.2 Å². The van der Waals surface area contributed by atoms with Crippen LogP contribution in [0, 0.1) is 0 Å². The number of phenolic OH excluding ortho intramolecular Hbond substituents is 2. The third kappa shape index (κ3) is 4.67. The third-order valence-electron chi connectivity index (χ3n) is 6.14. The number of phenols is 2. The lowest BCUT2D eigenvalue weighted by atomic mass is 9.97. The predicted octanol–water partition coefficient (Wildman–Crippen LogP) is 5.26. The monoisotopic (exact) mass is 477 g/mol. The minimum atomic E-state index is 0.0146. The van der Waals surface area contributed by atoms with Crippen molar-refractivity contribution < 1.29 is 14.9 Å². The Bertz CT molecular complexity index is 1210. The summed E-state index contributed by atoms with van der Waals surface area (Å²) in [5.74, 6) is 0.201. The summed E-state index contributed by atoms with van der Waals surface area (Å²) in [6, 6.07) is 15.5. The summed E-state index contributed by atoms with van der Waals surface area (Å²) >= 11 is 4.23. The molecule has 0 spiro atoms. The van der Waals surface area contributed by atoms with Crippen LogP contribution in [-0.4, -0.2) is 41.1 Å². The maximum atomic E-state index is 10.8. The number of allylic oxidation sites excluding steroid dienone is 2. The first-order valence-corrected chi connectivity index (χ1v) is 11.9. The first-order chi connectivity index (χ1) is 16.4. The molecule has 6 nitrogen and oxygen atoms in total. The van der Waals surface area contributed by atoms with Crippen molar-refractivity contribution in [3.8, 4) is 28.4 Å². The molecule has 7 heteroatoms. The van der Waals surface area contributed by atoms with Gasteiger partial charge in [-0.1, -0.05) is 13.8 Å². The largest absolute Gasteiger partial charge is 0.508 e. The summed E-state index contributed by atoms with van der Waals surface area (Å²) in [7, 11) is 0. The molecule has 1 saturated heterocycles. The molecule has 178 valence electrons. The zero-order valence-electron chi connectivity index (χ0n) is 19.5. The number of nitrogens with zero attached hydrogens (tertiary/aromatic N) is 2. The molecule has 4 N–H and O–H groups in total. The van der Waals surface area contributed by atoms with Gasteiger partial charge in [0.05, 0.1) is 24.6 Å². The lowest BCUT2D eigenvalue weighted by Gasteiger charge is -2.29. The van der Waals surface area contributed by atoms with Crippen molar-refractivity contribution in [1.82, 2.24) is 4.57 Å². The molecule has 0 saturated carbocycles. The predicted molar refractivity (Wildman–Crippen MR) is 142 cm³/mol. The maximum Gasteiger partial charge on any atom is 0.128 e. The fourth-order valence-electron chi connectivity index (χ4n) is 4.35. The van der Waals surface area contributed by atoms with E-state index < -0.39 is 0 Å². The van der Waals surface area contributed by atoms with Crippen LogP contribution in [0.2, 0.25) is 0 Å². The van der Waals surface area contributed by atoms with Crippen molar-refractivity contribution >= 4 is 23.9 Å². The standard InChI is InChI=1S/C27H31N3O3S/c1-18(2)22-15-23(27(32)16-26(22)31)25-8-7-24(19(17-28)9-14-34)30(25)21-5-3-20(4-6-21)29-10-12-33-13-11-29/h3-9,14-18,31-32,34H,10-13,28H2,1-2H3/b14-9-,19-17+. The van der Waals surface area contributed by atoms with Gasteiger partial charge in [-0.25, -0.2) is 0 Å². The van der Waals surface area contributed by atoms with E-state index in [1.54, 1.807) is 11.6 Å². The Morgan fingerprint density at radius 1 is 1.00 bits per heavy atom. The zero-order chi connectivity index (χ0) is 24.2. The molecule has 3 aromatic rings. The Balaban J connectivity index is 1.87. The summed E-state index contributed by atoms with van der Waals surface area (Å²) in [4.78, 5) is 2.31. The second-order valence-electron chi connectivity index (χ2n) is 8.58. The fraction of sp³-hybridized carbons (Fsp3) is 0.259. The zero-order valence-corrected chi connectivity index (χ0v) is 20.4. The highest BCUT2D eigenvalue weighted by Crippen LogP contribution is 2.40. The van der Waals surface area contributed by atoms with Crippen molar-refractivity contribution in [2.24, 2.45) is 5.73 Å². The highest BCUT2D eigenvalue weighted by Gasteiger charge is 2.20. The Labute approximate surface area is 206 Å². The van der Waals surface area contributed by atoms with Crippen LogP contribution >= 0.6 is 12.6 Å². The van der Waals surface area contributed by atoms with Gasteiger partial charge in [-0.05, 0) is 65.4 Å². The first kappa shape index (κ1) is 23.9. The molecule has 0 radical (unpaired) electrons. The number of thiol groups is 1. The number of aromatic nitrogens is 1. The number of morpholine rings is 1. The van der Waals surface area contributed by atoms with Gasteiger partial charge in [0.25, 0.3) is 0 Å². The van der Waals surface area contributed by atoms with Gasteiger partial charge in [-0.3, -0.25) is 0 Å². The molecule has 1 fully saturated rings. The minimum Gasteiger partial charge on any atom is -0.508 e. The summed E-state index contributed by atoms with van der Waals surface area (Å²) in [5, 5.41) is 22.8. The molecule has 0 amide bonds. The number of ether oxygens (including phenoxy) is 1. The summed E-state index contributed by atoms with van der Waals surface area (Å²) < 4.78 is 7.54. The molecule has 0 bridgehead atoms. The first-order valence-electron chi connectivity index (χ1n) is 11.4. The van der Waals surface area contributed by atoms with Crippen molar-refractivity contribution in [3.05, 3.63) is 77.5 Å². The highest BCUT2D eigenvalue weighted by atomic mass is 32.1. The van der Waals surface area contributed by atoms with Gasteiger partial charge < -0.3 is 30.2 Å². The van der Waals surface area contributed by atoms with Gasteiger partial charge >= 0.3 is 0 Å². The molecule has 2 aromatic carbocycles. The number of rotatable bonds is 6. The molecule has 2 heterocycles. The Kier molecular flexibility index (Phi) is 7.24. The van der Waals surface area contributed by atoms with E-state index in [1.807, 2.05) is 38.1 Å². The topological polar surface area (TPSA) is 83.9 Å². The van der Waals surface area contributed by atoms with Crippen LogP contribution in [0.4, 0.5) is 5.69 Å². The minimum absolute atomic E-state index is 0.0146. The number of aromatic hydroxyl groups is 2. The summed E-state index contributed by atoms with van der Waals surface area (Å²) in [5.41, 5.74) is 11.9. The molecular formula is C27H31N3O3S. The van der Waals surface area contributed by atoms with E-state index in [0.29, 0.717) is 5.56 Å². The van der Waals surface area contributed by atoms with Crippen molar-refractivity contribution in [2.45, 2.75) is 19.8 Å². The smallest absolute Gasteiger partial charge is 0.128 e. The second kappa shape index (κ2) is 10.3. The van der Waals surface area contributed by atoms with Crippen LogP contribution in [0.15, 0.2) is 66.2 Å². The Hall–Kier alpha value is -3.29. The van der Waals surface area contributed by atoms with Gasteiger partial charge in [0.1, 0.15) is 11.5 Å². The van der Waals surface area contributed by atoms with E-state index >= 15 is 0 Å². The van der Waals surface area contributed by atoms with E-state index in [1.165, 1.54) is 6.07 Å². The van der Waals surface area contributed by atoms with Crippen LogP contribution in [0.3, 0.4) is 0 Å². The summed E-state index contributed by atoms with van der Waals surface area (Å²) in [6.45, 7) is 7.21. The van der Waals surface area contributed by atoms with Crippen molar-refractivity contribution in [1.29, 1.82) is 0 Å². The number of hydrogen-bond donors (Lipinski definition) is 4. The van der Waals surface area contributed by atoms with Crippen LogP contribution in [-0.2, 0) is 4.74 Å². The van der Waals surface area contributed by atoms with E-state index in [-0.39, 0.29) is 17.4 Å². The number of hydrogen-bond acceptors (Lipinski definition) is 6. The van der Waals surface area contributed by atoms with Crippen molar-refractivity contribution in [3.63, 3.8) is 0 Å². The average molecular weight is 478 g/mol. The lowest BCUT2D eigenvalue weighted by Crippen LogP contribution is -2.36. The average Bonchev–Trinajstić information content (AvgIpc) is 3.27. The maximum absolute atomic E-state index is 10.8. The molecule has 0 aliphatic carbocycles. The Morgan fingerprint density at radius 3 is 2.29 bits per heavy atom. The second-order valence-corrected chi connectivity index (χ2v) is 8.87.